The summed E-state index contributed by atoms with van der Waals surface area (Å²) in [6, 6.07) is 11.5. The Morgan fingerprint density at radius 2 is 1.72 bits per heavy atom. The number of amides is 1. The second-order valence-electron chi connectivity index (χ2n) is 6.20. The van der Waals surface area contributed by atoms with Crippen molar-refractivity contribution in [2.24, 2.45) is 0 Å². The first kappa shape index (κ1) is 19.3. The van der Waals surface area contributed by atoms with Gasteiger partial charge in [-0.1, -0.05) is 34.1 Å². The van der Waals surface area contributed by atoms with E-state index in [4.69, 9.17) is 9.47 Å². The lowest BCUT2D eigenvalue weighted by atomic mass is 10.1. The molecule has 0 saturated heterocycles. The molecule has 0 saturated carbocycles. The van der Waals surface area contributed by atoms with Gasteiger partial charge in [-0.2, -0.15) is 0 Å². The molecule has 0 fully saturated rings. The Morgan fingerprint density at radius 1 is 1.08 bits per heavy atom. The lowest BCUT2D eigenvalue weighted by Crippen LogP contribution is -2.39. The summed E-state index contributed by atoms with van der Waals surface area (Å²) in [5, 5.41) is 2.88. The number of ether oxygens (including phenoxy) is 2. The quantitative estimate of drug-likeness (QED) is 0.745. The van der Waals surface area contributed by atoms with Crippen molar-refractivity contribution in [2.75, 3.05) is 13.2 Å². The van der Waals surface area contributed by atoms with E-state index in [0.717, 1.165) is 26.9 Å². The lowest BCUT2D eigenvalue weighted by molar-refractivity contribution is -0.123. The summed E-state index contributed by atoms with van der Waals surface area (Å²) in [7, 11) is 0. The van der Waals surface area contributed by atoms with Crippen LogP contribution in [0.15, 0.2) is 40.9 Å². The van der Waals surface area contributed by atoms with Crippen LogP contribution in [-0.2, 0) is 4.79 Å². The van der Waals surface area contributed by atoms with Crippen molar-refractivity contribution in [2.45, 2.75) is 33.7 Å². The topological polar surface area (TPSA) is 47.6 Å². The van der Waals surface area contributed by atoms with Crippen LogP contribution in [0.4, 0.5) is 0 Å². The molecule has 0 aliphatic carbocycles. The van der Waals surface area contributed by atoms with E-state index in [1.54, 1.807) is 0 Å². The van der Waals surface area contributed by atoms with Crippen LogP contribution in [0.1, 0.15) is 23.6 Å². The molecular weight excluding hydrogens is 382 g/mol. The third kappa shape index (κ3) is 5.78. The van der Waals surface area contributed by atoms with Crippen LogP contribution >= 0.6 is 15.9 Å². The maximum atomic E-state index is 12.0. The zero-order valence-electron chi connectivity index (χ0n) is 15.1. The predicted molar refractivity (Wildman–Crippen MR) is 103 cm³/mol. The molecular formula is C20H24BrNO3. The molecule has 1 atom stereocenters. The highest BCUT2D eigenvalue weighted by atomic mass is 79.9. The summed E-state index contributed by atoms with van der Waals surface area (Å²) >= 11 is 3.52. The summed E-state index contributed by atoms with van der Waals surface area (Å²) in [5.41, 5.74) is 3.23. The van der Waals surface area contributed by atoms with Crippen molar-refractivity contribution in [3.8, 4) is 11.5 Å². The third-order valence-corrected chi connectivity index (χ3v) is 5.02. The number of hydrogen-bond donors (Lipinski definition) is 1. The van der Waals surface area contributed by atoms with E-state index < -0.39 is 0 Å². The van der Waals surface area contributed by atoms with E-state index >= 15 is 0 Å². The van der Waals surface area contributed by atoms with Gasteiger partial charge in [0.15, 0.2) is 6.61 Å². The molecule has 134 valence electrons. The molecule has 1 unspecified atom stereocenters. The van der Waals surface area contributed by atoms with Crippen LogP contribution in [0.5, 0.6) is 11.5 Å². The SMILES string of the molecule is Cc1ccccc1OCC(C)NC(=O)COc1cc(C)c(Br)c(C)c1. The number of benzene rings is 2. The zero-order valence-corrected chi connectivity index (χ0v) is 16.6. The first-order valence-electron chi connectivity index (χ1n) is 8.24. The molecule has 1 amide bonds. The molecule has 2 rings (SSSR count). The summed E-state index contributed by atoms with van der Waals surface area (Å²) in [4.78, 5) is 12.0. The fourth-order valence-corrected chi connectivity index (χ4v) is 2.66. The highest BCUT2D eigenvalue weighted by Gasteiger charge is 2.10. The maximum absolute atomic E-state index is 12.0. The first-order valence-corrected chi connectivity index (χ1v) is 9.03. The molecule has 0 aromatic heterocycles. The van der Waals surface area contributed by atoms with Crippen LogP contribution in [0.3, 0.4) is 0 Å². The highest BCUT2D eigenvalue weighted by molar-refractivity contribution is 9.10. The Labute approximate surface area is 157 Å². The van der Waals surface area contributed by atoms with E-state index in [9.17, 15) is 4.79 Å². The average Bonchev–Trinajstić information content (AvgIpc) is 2.57. The van der Waals surface area contributed by atoms with E-state index in [1.807, 2.05) is 64.1 Å². The van der Waals surface area contributed by atoms with Crippen molar-refractivity contribution in [3.05, 3.63) is 57.6 Å². The summed E-state index contributed by atoms with van der Waals surface area (Å²) in [6.45, 7) is 8.28. The summed E-state index contributed by atoms with van der Waals surface area (Å²) in [6.07, 6.45) is 0. The Morgan fingerprint density at radius 3 is 2.36 bits per heavy atom. The Hall–Kier alpha value is -2.01. The van der Waals surface area contributed by atoms with Gasteiger partial charge in [0.05, 0.1) is 6.04 Å². The van der Waals surface area contributed by atoms with Crippen LogP contribution in [0.2, 0.25) is 0 Å². The minimum Gasteiger partial charge on any atom is -0.491 e. The smallest absolute Gasteiger partial charge is 0.258 e. The summed E-state index contributed by atoms with van der Waals surface area (Å²) < 4.78 is 12.4. The van der Waals surface area contributed by atoms with Crippen LogP contribution in [0, 0.1) is 20.8 Å². The molecule has 5 heteroatoms. The van der Waals surface area contributed by atoms with Gasteiger partial charge in [-0.3, -0.25) is 4.79 Å². The number of aryl methyl sites for hydroxylation is 3. The standard InChI is InChI=1S/C20H24BrNO3/c1-13-7-5-6-8-18(13)25-11-16(4)22-19(23)12-24-17-9-14(2)20(21)15(3)10-17/h5-10,16H,11-12H2,1-4H3,(H,22,23). The lowest BCUT2D eigenvalue weighted by Gasteiger charge is -2.16. The van der Waals surface area contributed by atoms with Crippen molar-refractivity contribution < 1.29 is 14.3 Å². The van der Waals surface area contributed by atoms with E-state index in [-0.39, 0.29) is 18.6 Å². The molecule has 0 aliphatic heterocycles. The highest BCUT2D eigenvalue weighted by Crippen LogP contribution is 2.26. The van der Waals surface area contributed by atoms with Gasteiger partial charge in [-0.05, 0) is 62.6 Å². The Kier molecular flexibility index (Phi) is 6.88. The van der Waals surface area contributed by atoms with Gasteiger partial charge in [0.2, 0.25) is 0 Å². The molecule has 2 aromatic rings. The Balaban J connectivity index is 1.79. The first-order chi connectivity index (χ1) is 11.9. The van der Waals surface area contributed by atoms with Gasteiger partial charge in [-0.15, -0.1) is 0 Å². The van der Waals surface area contributed by atoms with E-state index in [0.29, 0.717) is 12.4 Å². The van der Waals surface area contributed by atoms with Gasteiger partial charge in [0.25, 0.3) is 5.91 Å². The van der Waals surface area contributed by atoms with Crippen molar-refractivity contribution >= 4 is 21.8 Å². The zero-order chi connectivity index (χ0) is 18.4. The summed E-state index contributed by atoms with van der Waals surface area (Å²) in [5.74, 6) is 1.36. The molecule has 4 nitrogen and oxygen atoms in total. The molecule has 0 bridgehead atoms. The molecule has 0 aliphatic rings. The third-order valence-electron chi connectivity index (χ3n) is 3.77. The van der Waals surface area contributed by atoms with E-state index in [1.165, 1.54) is 0 Å². The number of halogens is 1. The fraction of sp³-hybridized carbons (Fsp3) is 0.350. The second kappa shape index (κ2) is 8.90. The van der Waals surface area contributed by atoms with Gasteiger partial charge in [-0.25, -0.2) is 0 Å². The molecule has 1 N–H and O–H groups in total. The minimum atomic E-state index is -0.167. The number of nitrogens with one attached hydrogen (secondary N) is 1. The number of carbonyl (C=O) groups is 1. The monoisotopic (exact) mass is 405 g/mol. The molecule has 2 aromatic carbocycles. The van der Waals surface area contributed by atoms with Gasteiger partial charge >= 0.3 is 0 Å². The Bertz CT molecular complexity index is 722. The predicted octanol–water partition coefficient (Wildman–Crippen LogP) is 4.34. The molecule has 0 radical (unpaired) electrons. The number of carbonyl (C=O) groups excluding carboxylic acids is 1. The van der Waals surface area contributed by atoms with Gasteiger partial charge in [0.1, 0.15) is 18.1 Å². The van der Waals surface area contributed by atoms with Crippen molar-refractivity contribution in [1.29, 1.82) is 0 Å². The molecule has 25 heavy (non-hydrogen) atoms. The normalized spacial score (nSPS) is 11.7. The van der Waals surface area contributed by atoms with Crippen molar-refractivity contribution in [1.82, 2.24) is 5.32 Å². The minimum absolute atomic E-state index is 0.0186. The van der Waals surface area contributed by atoms with Gasteiger partial charge < -0.3 is 14.8 Å². The molecule has 0 heterocycles. The van der Waals surface area contributed by atoms with Crippen LogP contribution in [0.25, 0.3) is 0 Å². The largest absolute Gasteiger partial charge is 0.491 e. The van der Waals surface area contributed by atoms with Crippen molar-refractivity contribution in [3.63, 3.8) is 0 Å². The fourth-order valence-electron chi connectivity index (χ4n) is 2.43. The van der Waals surface area contributed by atoms with E-state index in [2.05, 4.69) is 21.2 Å². The number of rotatable bonds is 7. The van der Waals surface area contributed by atoms with Crippen LogP contribution < -0.4 is 14.8 Å². The number of hydrogen-bond acceptors (Lipinski definition) is 3. The van der Waals surface area contributed by atoms with Gasteiger partial charge in [0, 0.05) is 4.47 Å². The maximum Gasteiger partial charge on any atom is 0.258 e. The van der Waals surface area contributed by atoms with Crippen LogP contribution in [-0.4, -0.2) is 25.2 Å². The average molecular weight is 406 g/mol. The molecule has 0 spiro atoms. The second-order valence-corrected chi connectivity index (χ2v) is 7.00. The number of para-hydroxylation sites is 1.